The second-order valence-electron chi connectivity index (χ2n) is 6.63. The number of pyridine rings is 1. The molecule has 1 saturated heterocycles. The molecule has 1 fully saturated rings. The van der Waals surface area contributed by atoms with Crippen molar-refractivity contribution in [2.45, 2.75) is 33.2 Å². The zero-order chi connectivity index (χ0) is 20.4. The smallest absolute Gasteiger partial charge is 0.324 e. The maximum atomic E-state index is 13.1. The van der Waals surface area contributed by atoms with Crippen molar-refractivity contribution in [1.29, 1.82) is 0 Å². The van der Waals surface area contributed by atoms with Gasteiger partial charge in [0.2, 0.25) is 11.8 Å². The molecule has 0 spiro atoms. The fraction of sp³-hybridized carbons (Fsp3) is 0.350. The molecule has 0 bridgehead atoms. The number of halogens is 2. The van der Waals surface area contributed by atoms with Gasteiger partial charge in [0.15, 0.2) is 0 Å². The van der Waals surface area contributed by atoms with Gasteiger partial charge in [-0.2, -0.15) is 0 Å². The Balaban J connectivity index is 1.92. The molecule has 8 heteroatoms. The van der Waals surface area contributed by atoms with Crippen LogP contribution in [0, 0.1) is 12.8 Å². The van der Waals surface area contributed by atoms with Gasteiger partial charge >= 0.3 is 6.03 Å². The first-order valence-electron chi connectivity index (χ1n) is 8.96. The van der Waals surface area contributed by atoms with E-state index in [4.69, 9.17) is 4.74 Å². The van der Waals surface area contributed by atoms with E-state index in [-0.39, 0.29) is 17.4 Å². The number of urea groups is 1. The van der Waals surface area contributed by atoms with Gasteiger partial charge in [-0.25, -0.2) is 18.6 Å². The minimum absolute atomic E-state index is 0.152. The minimum Gasteiger partial charge on any atom is -0.439 e. The Morgan fingerprint density at radius 2 is 2.04 bits per heavy atom. The van der Waals surface area contributed by atoms with Crippen molar-refractivity contribution >= 4 is 11.9 Å². The SMILES string of the molecule is CCN1C(=O)NC(=O)C(C)C1c1ccc(Oc2ncccc2C(F)F)cc1C. The first-order valence-corrected chi connectivity index (χ1v) is 8.96. The summed E-state index contributed by atoms with van der Waals surface area (Å²) in [6.45, 7) is 5.88. The van der Waals surface area contributed by atoms with Crippen LogP contribution < -0.4 is 10.1 Å². The summed E-state index contributed by atoms with van der Waals surface area (Å²) in [5.74, 6) is -0.552. The molecule has 0 aliphatic carbocycles. The lowest BCUT2D eigenvalue weighted by Crippen LogP contribution is -2.55. The van der Waals surface area contributed by atoms with Crippen LogP contribution in [-0.2, 0) is 4.79 Å². The number of rotatable bonds is 5. The van der Waals surface area contributed by atoms with Crippen LogP contribution in [0.1, 0.15) is 43.0 Å². The van der Waals surface area contributed by atoms with Crippen molar-refractivity contribution in [2.24, 2.45) is 5.92 Å². The molecule has 2 atom stereocenters. The molecule has 1 aromatic heterocycles. The van der Waals surface area contributed by atoms with E-state index >= 15 is 0 Å². The molecule has 3 amide bonds. The largest absolute Gasteiger partial charge is 0.439 e. The number of nitrogens with zero attached hydrogens (tertiary/aromatic N) is 2. The Hall–Kier alpha value is -3.03. The van der Waals surface area contributed by atoms with Crippen molar-refractivity contribution in [2.75, 3.05) is 6.54 Å². The minimum atomic E-state index is -2.70. The summed E-state index contributed by atoms with van der Waals surface area (Å²) < 4.78 is 31.8. The highest BCUT2D eigenvalue weighted by Gasteiger charge is 2.39. The van der Waals surface area contributed by atoms with E-state index in [9.17, 15) is 18.4 Å². The van der Waals surface area contributed by atoms with Crippen LogP contribution in [0.5, 0.6) is 11.6 Å². The van der Waals surface area contributed by atoms with Gasteiger partial charge < -0.3 is 9.64 Å². The number of hydrogen-bond acceptors (Lipinski definition) is 4. The predicted molar refractivity (Wildman–Crippen MR) is 98.3 cm³/mol. The van der Waals surface area contributed by atoms with Crippen LogP contribution in [0.15, 0.2) is 36.5 Å². The summed E-state index contributed by atoms with van der Waals surface area (Å²) >= 11 is 0. The molecular weight excluding hydrogens is 368 g/mol. The van der Waals surface area contributed by atoms with Gasteiger partial charge in [-0.15, -0.1) is 0 Å². The van der Waals surface area contributed by atoms with Crippen molar-refractivity contribution in [1.82, 2.24) is 15.2 Å². The Kier molecular flexibility index (Phi) is 5.58. The third-order valence-electron chi connectivity index (χ3n) is 4.86. The number of carbonyl (C=O) groups excluding carboxylic acids is 2. The number of aromatic nitrogens is 1. The number of aryl methyl sites for hydroxylation is 1. The molecule has 0 radical (unpaired) electrons. The Bertz CT molecular complexity index is 904. The predicted octanol–water partition coefficient (Wildman–Crippen LogP) is 4.37. The first-order chi connectivity index (χ1) is 13.3. The van der Waals surface area contributed by atoms with Crippen molar-refractivity contribution in [3.8, 4) is 11.6 Å². The Morgan fingerprint density at radius 1 is 1.29 bits per heavy atom. The molecule has 6 nitrogen and oxygen atoms in total. The lowest BCUT2D eigenvalue weighted by atomic mass is 9.88. The van der Waals surface area contributed by atoms with Gasteiger partial charge in [-0.3, -0.25) is 10.1 Å². The number of hydrogen-bond donors (Lipinski definition) is 1. The summed E-state index contributed by atoms with van der Waals surface area (Å²) in [6, 6.07) is 6.93. The summed E-state index contributed by atoms with van der Waals surface area (Å²) in [5, 5.41) is 2.35. The van der Waals surface area contributed by atoms with Crippen molar-refractivity contribution < 1.29 is 23.1 Å². The zero-order valence-electron chi connectivity index (χ0n) is 15.8. The number of ether oxygens (including phenoxy) is 1. The normalized spacial score (nSPS) is 19.7. The molecule has 148 valence electrons. The lowest BCUT2D eigenvalue weighted by molar-refractivity contribution is -0.127. The van der Waals surface area contributed by atoms with Gasteiger partial charge in [0.05, 0.1) is 17.5 Å². The fourth-order valence-electron chi connectivity index (χ4n) is 3.42. The van der Waals surface area contributed by atoms with Crippen LogP contribution in [0.2, 0.25) is 0 Å². The van der Waals surface area contributed by atoms with Crippen LogP contribution in [0.25, 0.3) is 0 Å². The number of carbonyl (C=O) groups is 2. The number of benzene rings is 1. The number of nitrogens with one attached hydrogen (secondary N) is 1. The van der Waals surface area contributed by atoms with E-state index in [0.717, 1.165) is 11.1 Å². The lowest BCUT2D eigenvalue weighted by Gasteiger charge is -2.39. The second kappa shape index (κ2) is 7.92. The Labute approximate surface area is 161 Å². The molecular formula is C20H21F2N3O3. The summed E-state index contributed by atoms with van der Waals surface area (Å²) in [5.41, 5.74) is 1.30. The van der Waals surface area contributed by atoms with Crippen LogP contribution in [-0.4, -0.2) is 28.4 Å². The van der Waals surface area contributed by atoms with Crippen LogP contribution in [0.4, 0.5) is 13.6 Å². The van der Waals surface area contributed by atoms with Gasteiger partial charge in [-0.1, -0.05) is 13.0 Å². The topological polar surface area (TPSA) is 71.5 Å². The summed E-state index contributed by atoms with van der Waals surface area (Å²) in [4.78, 5) is 29.8. The molecule has 28 heavy (non-hydrogen) atoms. The standard InChI is InChI=1S/C20H21F2N3O3/c1-4-25-16(12(3)18(26)24-20(25)27)14-8-7-13(10-11(14)2)28-19-15(17(21)22)6-5-9-23-19/h5-10,12,16-17H,4H2,1-3H3,(H,24,26,27). The van der Waals surface area contributed by atoms with E-state index in [2.05, 4.69) is 10.3 Å². The Morgan fingerprint density at radius 3 is 2.68 bits per heavy atom. The van der Waals surface area contributed by atoms with Crippen molar-refractivity contribution in [3.05, 3.63) is 53.2 Å². The third kappa shape index (κ3) is 3.67. The number of imide groups is 1. The third-order valence-corrected chi connectivity index (χ3v) is 4.86. The average molecular weight is 389 g/mol. The second-order valence-corrected chi connectivity index (χ2v) is 6.63. The molecule has 2 aromatic rings. The number of alkyl halides is 2. The molecule has 1 aliphatic heterocycles. The van der Waals surface area contributed by atoms with Crippen LogP contribution >= 0.6 is 0 Å². The fourth-order valence-corrected chi connectivity index (χ4v) is 3.42. The van der Waals surface area contributed by atoms with E-state index in [1.807, 2.05) is 13.8 Å². The van der Waals surface area contributed by atoms with Gasteiger partial charge in [-0.05, 0) is 49.2 Å². The quantitative estimate of drug-likeness (QED) is 0.824. The maximum Gasteiger partial charge on any atom is 0.324 e. The highest BCUT2D eigenvalue weighted by atomic mass is 19.3. The molecule has 3 rings (SSSR count). The van der Waals surface area contributed by atoms with Gasteiger partial charge in [0, 0.05) is 12.7 Å². The average Bonchev–Trinajstić information content (AvgIpc) is 2.65. The van der Waals surface area contributed by atoms with Crippen molar-refractivity contribution in [3.63, 3.8) is 0 Å². The zero-order valence-corrected chi connectivity index (χ0v) is 15.8. The molecule has 1 aromatic carbocycles. The van der Waals surface area contributed by atoms with Gasteiger partial charge in [0.25, 0.3) is 6.43 Å². The molecule has 1 aliphatic rings. The highest BCUT2D eigenvalue weighted by molar-refractivity contribution is 5.98. The number of amides is 3. The van der Waals surface area contributed by atoms with E-state index in [0.29, 0.717) is 12.3 Å². The van der Waals surface area contributed by atoms with Crippen LogP contribution in [0.3, 0.4) is 0 Å². The van der Waals surface area contributed by atoms with Gasteiger partial charge in [0.1, 0.15) is 5.75 Å². The maximum absolute atomic E-state index is 13.1. The molecule has 2 heterocycles. The van der Waals surface area contributed by atoms with E-state index in [1.54, 1.807) is 30.0 Å². The molecule has 0 saturated carbocycles. The first kappa shape index (κ1) is 19.7. The summed E-state index contributed by atoms with van der Waals surface area (Å²) in [6.07, 6.45) is -1.31. The monoisotopic (exact) mass is 389 g/mol. The highest BCUT2D eigenvalue weighted by Crippen LogP contribution is 2.36. The van der Waals surface area contributed by atoms with E-state index < -0.39 is 24.4 Å². The summed E-state index contributed by atoms with van der Waals surface area (Å²) in [7, 11) is 0. The molecule has 2 unspecified atom stereocenters. The van der Waals surface area contributed by atoms with E-state index in [1.165, 1.54) is 18.3 Å². The molecule has 1 N–H and O–H groups in total.